The number of aromatic nitrogens is 3. The summed E-state index contributed by atoms with van der Waals surface area (Å²) in [6.07, 6.45) is -1.26. The summed E-state index contributed by atoms with van der Waals surface area (Å²) in [7, 11) is -2.29. The van der Waals surface area contributed by atoms with Crippen LogP contribution >= 0.6 is 23.2 Å². The summed E-state index contributed by atoms with van der Waals surface area (Å²) in [5.41, 5.74) is -0.0203. The Labute approximate surface area is 291 Å². The third kappa shape index (κ3) is 9.04. The molecule has 0 aliphatic heterocycles. The van der Waals surface area contributed by atoms with Gasteiger partial charge in [-0.2, -0.15) is 18.3 Å². The van der Waals surface area contributed by atoms with E-state index < -0.39 is 74.1 Å². The zero-order chi connectivity index (χ0) is 36.5. The summed E-state index contributed by atoms with van der Waals surface area (Å²) < 4.78 is 78.7. The van der Waals surface area contributed by atoms with Gasteiger partial charge in [0.25, 0.3) is 5.91 Å². The summed E-state index contributed by atoms with van der Waals surface area (Å²) in [6, 6.07) is 1.56. The van der Waals surface area contributed by atoms with Crippen molar-refractivity contribution >= 4 is 49.1 Å². The molecule has 1 fully saturated rings. The van der Waals surface area contributed by atoms with Crippen LogP contribution in [-0.2, 0) is 22.0 Å². The van der Waals surface area contributed by atoms with E-state index in [0.717, 1.165) is 35.4 Å². The van der Waals surface area contributed by atoms with Crippen molar-refractivity contribution in [2.75, 3.05) is 6.54 Å². The fraction of sp³-hybridized carbons (Fsp3) is 0.469. The first-order valence-corrected chi connectivity index (χ1v) is 19.0. The lowest BCUT2D eigenvalue weighted by Gasteiger charge is -2.36. The first-order chi connectivity index (χ1) is 22.7. The van der Waals surface area contributed by atoms with Gasteiger partial charge in [0.2, 0.25) is 14.2 Å². The highest BCUT2D eigenvalue weighted by atomic mass is 35.5. The second-order valence-corrected chi connectivity index (χ2v) is 19.1. The molecule has 4 rings (SSSR count). The van der Waals surface area contributed by atoms with Crippen LogP contribution in [0.5, 0.6) is 0 Å². The number of amides is 2. The van der Waals surface area contributed by atoms with E-state index in [4.69, 9.17) is 27.7 Å². The number of nitrogens with one attached hydrogen (secondary N) is 1. The molecule has 2 heterocycles. The molecular formula is C32H36Cl2F5N5O4Si. The van der Waals surface area contributed by atoms with Crippen LogP contribution in [0, 0.1) is 17.6 Å². The predicted octanol–water partition coefficient (Wildman–Crippen LogP) is 8.19. The quantitative estimate of drug-likeness (QED) is 0.0971. The highest BCUT2D eigenvalue weighted by Gasteiger charge is 2.44. The Hall–Kier alpha value is -3.40. The number of hydrogen-bond donors (Lipinski definition) is 1. The number of hydroxylamine groups is 1. The molecule has 0 radical (unpaired) electrons. The lowest BCUT2D eigenvalue weighted by Crippen LogP contribution is -2.48. The van der Waals surface area contributed by atoms with Gasteiger partial charge in [-0.3, -0.25) is 24.0 Å². The van der Waals surface area contributed by atoms with Gasteiger partial charge in [0.05, 0.1) is 40.0 Å². The highest BCUT2D eigenvalue weighted by molar-refractivity contribution is 6.74. The van der Waals surface area contributed by atoms with Crippen LogP contribution in [0.15, 0.2) is 36.8 Å². The van der Waals surface area contributed by atoms with Gasteiger partial charge in [-0.15, -0.1) is 0 Å². The minimum Gasteiger partial charge on any atom is -0.326 e. The van der Waals surface area contributed by atoms with Crippen LogP contribution in [0.4, 0.5) is 22.0 Å². The van der Waals surface area contributed by atoms with Crippen LogP contribution in [0.25, 0.3) is 0 Å². The first kappa shape index (κ1) is 38.4. The average Bonchev–Trinajstić information content (AvgIpc) is 3.44. The number of carbonyl (C=O) groups is 3. The third-order valence-corrected chi connectivity index (χ3v) is 13.8. The zero-order valence-electron chi connectivity index (χ0n) is 27.4. The van der Waals surface area contributed by atoms with E-state index in [-0.39, 0.29) is 57.8 Å². The largest absolute Gasteiger partial charge is 0.433 e. The van der Waals surface area contributed by atoms with Crippen LogP contribution in [-0.4, -0.2) is 52.1 Å². The SMILES string of the molecule is CC(C)(C)[Si](C)(C)ONC(=O)[C@H]1CC[C@H](n2ncc(C(=O)N(CC(=O)c3c(Cl)cncc3Cl)Cc3cc(F)cc(F)c3)c2C(F)(F)F)CC1. The maximum Gasteiger partial charge on any atom is 0.433 e. The molecule has 0 atom stereocenters. The van der Waals surface area contributed by atoms with E-state index in [9.17, 15) is 36.3 Å². The molecule has 0 saturated heterocycles. The maximum absolute atomic E-state index is 14.7. The van der Waals surface area contributed by atoms with Gasteiger partial charge in [-0.05, 0) is 61.5 Å². The van der Waals surface area contributed by atoms with Crippen molar-refractivity contribution in [3.05, 3.63) is 80.9 Å². The molecule has 1 aliphatic carbocycles. The molecule has 1 aliphatic rings. The molecule has 3 aromatic rings. The van der Waals surface area contributed by atoms with E-state index in [1.54, 1.807) is 0 Å². The van der Waals surface area contributed by atoms with Gasteiger partial charge in [0, 0.05) is 30.9 Å². The fourth-order valence-corrected chi connectivity index (χ4v) is 6.54. The van der Waals surface area contributed by atoms with E-state index in [1.807, 2.05) is 33.9 Å². The zero-order valence-corrected chi connectivity index (χ0v) is 29.9. The normalized spacial score (nSPS) is 17.1. The highest BCUT2D eigenvalue weighted by Crippen LogP contribution is 2.40. The number of pyridine rings is 1. The topological polar surface area (TPSA) is 106 Å². The monoisotopic (exact) mass is 747 g/mol. The minimum atomic E-state index is -5.06. The Morgan fingerprint density at radius 1 is 0.980 bits per heavy atom. The molecule has 9 nitrogen and oxygen atoms in total. The molecular weight excluding hydrogens is 712 g/mol. The Balaban J connectivity index is 1.60. The molecule has 0 bridgehead atoms. The van der Waals surface area contributed by atoms with Crippen molar-refractivity contribution in [3.63, 3.8) is 0 Å². The van der Waals surface area contributed by atoms with Crippen LogP contribution < -0.4 is 5.48 Å². The number of carbonyl (C=O) groups excluding carboxylic acids is 3. The van der Waals surface area contributed by atoms with Crippen LogP contribution in [0.3, 0.4) is 0 Å². The molecule has 2 aromatic heterocycles. The molecule has 2 amide bonds. The summed E-state index contributed by atoms with van der Waals surface area (Å²) in [5.74, 6) is -4.94. The number of Topliss-reactive ketones (excluding diaryl/α,β-unsaturated/α-hetero) is 1. The Morgan fingerprint density at radius 2 is 1.55 bits per heavy atom. The predicted molar refractivity (Wildman–Crippen MR) is 174 cm³/mol. The van der Waals surface area contributed by atoms with Crippen molar-refractivity contribution in [2.45, 2.75) is 83.3 Å². The standard InChI is InChI=1S/C32H36Cl2F5N5O4Si/c1-31(2,3)49(4,5)48-42-29(46)19-6-8-22(9-7-19)44-28(32(37,38)39)23(13-41-44)30(47)43(16-18-10-20(35)12-21(36)11-18)17-26(45)27-24(33)14-40-15-25(27)34/h10-15,19,22H,6-9,16-17H2,1-5H3,(H,42,46)/t19-,22-. The summed E-state index contributed by atoms with van der Waals surface area (Å²) in [4.78, 5) is 44.5. The van der Waals surface area contributed by atoms with Crippen molar-refractivity contribution < 1.29 is 40.9 Å². The van der Waals surface area contributed by atoms with E-state index in [2.05, 4.69) is 15.6 Å². The van der Waals surface area contributed by atoms with E-state index in [0.29, 0.717) is 11.0 Å². The van der Waals surface area contributed by atoms with Gasteiger partial charge < -0.3 is 9.43 Å². The minimum absolute atomic E-state index is 0.124. The van der Waals surface area contributed by atoms with Gasteiger partial charge >= 0.3 is 6.18 Å². The third-order valence-electron chi connectivity index (χ3n) is 8.97. The smallest absolute Gasteiger partial charge is 0.326 e. The average molecular weight is 749 g/mol. The Morgan fingerprint density at radius 3 is 2.08 bits per heavy atom. The second kappa shape index (κ2) is 14.8. The summed E-state index contributed by atoms with van der Waals surface area (Å²) in [5, 5.41) is 3.46. The molecule has 0 unspecified atom stereocenters. The number of hydrogen-bond acceptors (Lipinski definition) is 6. The Kier molecular flexibility index (Phi) is 11.6. The van der Waals surface area contributed by atoms with Gasteiger partial charge in [0.1, 0.15) is 11.6 Å². The number of rotatable bonds is 10. The maximum atomic E-state index is 14.7. The van der Waals surface area contributed by atoms with Crippen molar-refractivity contribution in [1.29, 1.82) is 0 Å². The molecule has 266 valence electrons. The summed E-state index contributed by atoms with van der Waals surface area (Å²) in [6.45, 7) is 8.50. The molecule has 0 spiro atoms. The Bertz CT molecular complexity index is 1680. The van der Waals surface area contributed by atoms with Crippen molar-refractivity contribution in [2.24, 2.45) is 5.92 Å². The first-order valence-electron chi connectivity index (χ1n) is 15.4. The van der Waals surface area contributed by atoms with Crippen LogP contribution in [0.2, 0.25) is 28.2 Å². The van der Waals surface area contributed by atoms with E-state index >= 15 is 0 Å². The lowest BCUT2D eigenvalue weighted by atomic mass is 9.85. The van der Waals surface area contributed by atoms with Gasteiger partial charge in [-0.1, -0.05) is 44.0 Å². The van der Waals surface area contributed by atoms with Gasteiger partial charge in [0.15, 0.2) is 11.5 Å². The summed E-state index contributed by atoms with van der Waals surface area (Å²) >= 11 is 12.2. The number of nitrogens with zero attached hydrogens (tertiary/aromatic N) is 4. The fourth-order valence-electron chi connectivity index (χ4n) is 5.30. The molecule has 17 heteroatoms. The van der Waals surface area contributed by atoms with Crippen LogP contribution in [0.1, 0.15) is 84.5 Å². The number of halogens is 7. The molecule has 49 heavy (non-hydrogen) atoms. The van der Waals surface area contributed by atoms with Crippen molar-refractivity contribution in [1.82, 2.24) is 25.1 Å². The molecule has 1 N–H and O–H groups in total. The molecule has 1 aromatic carbocycles. The number of benzene rings is 1. The van der Waals surface area contributed by atoms with E-state index in [1.165, 1.54) is 0 Å². The number of alkyl halides is 3. The molecule has 1 saturated carbocycles. The number of ketones is 1. The van der Waals surface area contributed by atoms with Gasteiger partial charge in [-0.25, -0.2) is 14.3 Å². The van der Waals surface area contributed by atoms with Crippen molar-refractivity contribution in [3.8, 4) is 0 Å². The lowest BCUT2D eigenvalue weighted by molar-refractivity contribution is -0.146. The second-order valence-electron chi connectivity index (χ2n) is 13.5.